The lowest BCUT2D eigenvalue weighted by Gasteiger charge is -2.10. The fourth-order valence-corrected chi connectivity index (χ4v) is 2.24. The fourth-order valence-electron chi connectivity index (χ4n) is 2.02. The molecule has 5 nitrogen and oxygen atoms in total. The first-order valence-corrected chi connectivity index (χ1v) is 6.66. The minimum absolute atomic E-state index is 0.252. The van der Waals surface area contributed by atoms with Gasteiger partial charge < -0.3 is 10.5 Å². The van der Waals surface area contributed by atoms with Crippen LogP contribution >= 0.6 is 11.6 Å². The summed E-state index contributed by atoms with van der Waals surface area (Å²) in [7, 11) is 1.51. The van der Waals surface area contributed by atoms with Gasteiger partial charge in [-0.3, -0.25) is 9.48 Å². The maximum absolute atomic E-state index is 12.6. The van der Waals surface area contributed by atoms with Crippen LogP contribution in [0, 0.1) is 0 Å². The Bertz CT molecular complexity index is 637. The maximum atomic E-state index is 12.6. The highest BCUT2D eigenvalue weighted by molar-refractivity contribution is 6.34. The van der Waals surface area contributed by atoms with Gasteiger partial charge in [-0.15, -0.1) is 0 Å². The van der Waals surface area contributed by atoms with E-state index in [4.69, 9.17) is 22.1 Å². The lowest BCUT2D eigenvalue weighted by atomic mass is 10.1. The average Bonchev–Trinajstić information content (AvgIpc) is 2.80. The van der Waals surface area contributed by atoms with Gasteiger partial charge in [-0.25, -0.2) is 0 Å². The minimum atomic E-state index is -0.252. The van der Waals surface area contributed by atoms with E-state index >= 15 is 0 Å². The summed E-state index contributed by atoms with van der Waals surface area (Å²) in [6.45, 7) is 2.63. The maximum Gasteiger partial charge on any atom is 0.214 e. The normalized spacial score (nSPS) is 10.6. The van der Waals surface area contributed by atoms with Gasteiger partial charge in [0.1, 0.15) is 11.4 Å². The molecule has 0 aliphatic heterocycles. The van der Waals surface area contributed by atoms with Crippen LogP contribution in [0.4, 0.5) is 5.69 Å². The van der Waals surface area contributed by atoms with E-state index in [0.717, 1.165) is 6.42 Å². The van der Waals surface area contributed by atoms with Crippen LogP contribution in [0.15, 0.2) is 24.4 Å². The second kappa shape index (κ2) is 5.96. The number of carbonyl (C=O) groups excluding carboxylic acids is 1. The third-order valence-electron chi connectivity index (χ3n) is 2.98. The summed E-state index contributed by atoms with van der Waals surface area (Å²) in [5.41, 5.74) is 6.98. The number of anilines is 1. The molecule has 6 heteroatoms. The smallest absolute Gasteiger partial charge is 0.214 e. The van der Waals surface area contributed by atoms with Gasteiger partial charge >= 0.3 is 0 Å². The molecule has 0 radical (unpaired) electrons. The zero-order valence-corrected chi connectivity index (χ0v) is 12.1. The number of ether oxygens (including phenoxy) is 1. The van der Waals surface area contributed by atoms with E-state index in [2.05, 4.69) is 5.10 Å². The molecule has 20 heavy (non-hydrogen) atoms. The molecule has 1 heterocycles. The van der Waals surface area contributed by atoms with Crippen molar-refractivity contribution >= 4 is 23.1 Å². The van der Waals surface area contributed by atoms with Crippen LogP contribution < -0.4 is 10.5 Å². The van der Waals surface area contributed by atoms with E-state index in [9.17, 15) is 4.79 Å². The van der Waals surface area contributed by atoms with Crippen LogP contribution in [0.3, 0.4) is 0 Å². The molecule has 1 aromatic heterocycles. The molecule has 0 unspecified atom stereocenters. The van der Waals surface area contributed by atoms with Crippen LogP contribution in [0.2, 0.25) is 5.02 Å². The first-order chi connectivity index (χ1) is 9.60. The number of nitrogens with zero attached hydrogens (tertiary/aromatic N) is 2. The Kier molecular flexibility index (Phi) is 4.29. The number of ketones is 1. The molecule has 2 N–H and O–H groups in total. The van der Waals surface area contributed by atoms with Crippen molar-refractivity contribution in [2.45, 2.75) is 19.9 Å². The van der Waals surface area contributed by atoms with E-state index in [1.807, 2.05) is 6.92 Å². The molecule has 0 spiro atoms. The van der Waals surface area contributed by atoms with Crippen molar-refractivity contribution in [1.29, 1.82) is 0 Å². The second-order valence-electron chi connectivity index (χ2n) is 4.31. The Morgan fingerprint density at radius 2 is 2.25 bits per heavy atom. The van der Waals surface area contributed by atoms with Crippen molar-refractivity contribution in [1.82, 2.24) is 9.78 Å². The predicted molar refractivity (Wildman–Crippen MR) is 78.4 cm³/mol. The predicted octanol–water partition coefficient (Wildman–Crippen LogP) is 2.77. The molecule has 0 aliphatic carbocycles. The molecule has 0 atom stereocenters. The van der Waals surface area contributed by atoms with Gasteiger partial charge in [-0.1, -0.05) is 24.6 Å². The van der Waals surface area contributed by atoms with Gasteiger partial charge in [0.15, 0.2) is 0 Å². The largest absolute Gasteiger partial charge is 0.495 e. The van der Waals surface area contributed by atoms with Crippen LogP contribution in [0.5, 0.6) is 5.75 Å². The fraction of sp³-hybridized carbons (Fsp3) is 0.286. The molecule has 2 aromatic rings. The van der Waals surface area contributed by atoms with E-state index in [1.54, 1.807) is 22.9 Å². The van der Waals surface area contributed by atoms with Crippen molar-refractivity contribution < 1.29 is 9.53 Å². The molecule has 0 saturated carbocycles. The number of nitrogens with two attached hydrogens (primary N) is 1. The number of methoxy groups -OCH3 is 1. The summed E-state index contributed by atoms with van der Waals surface area (Å²) in [6.07, 6.45) is 2.33. The van der Waals surface area contributed by atoms with E-state index in [-0.39, 0.29) is 5.78 Å². The van der Waals surface area contributed by atoms with Crippen molar-refractivity contribution in [3.63, 3.8) is 0 Å². The number of carbonyl (C=O) groups is 1. The Hall–Kier alpha value is -2.01. The second-order valence-corrected chi connectivity index (χ2v) is 4.72. The van der Waals surface area contributed by atoms with E-state index < -0.39 is 0 Å². The number of benzene rings is 1. The van der Waals surface area contributed by atoms with Gasteiger partial charge in [0, 0.05) is 6.54 Å². The van der Waals surface area contributed by atoms with Crippen molar-refractivity contribution in [3.8, 4) is 5.75 Å². The highest BCUT2D eigenvalue weighted by atomic mass is 35.5. The topological polar surface area (TPSA) is 70.1 Å². The Morgan fingerprint density at radius 3 is 2.90 bits per heavy atom. The molecule has 106 valence electrons. The number of para-hydroxylation sites is 1. The lowest BCUT2D eigenvalue weighted by Crippen LogP contribution is -2.14. The molecular formula is C14H16ClN3O2. The third-order valence-corrected chi connectivity index (χ3v) is 3.25. The molecule has 2 rings (SSSR count). The highest BCUT2D eigenvalue weighted by Crippen LogP contribution is 2.28. The zero-order chi connectivity index (χ0) is 14.7. The number of aryl methyl sites for hydroxylation is 1. The first kappa shape index (κ1) is 14.4. The first-order valence-electron chi connectivity index (χ1n) is 6.28. The van der Waals surface area contributed by atoms with Crippen molar-refractivity contribution in [2.24, 2.45) is 0 Å². The molecule has 0 amide bonds. The molecular weight excluding hydrogens is 278 g/mol. The monoisotopic (exact) mass is 293 g/mol. The summed E-state index contributed by atoms with van der Waals surface area (Å²) in [5, 5.41) is 4.44. The van der Waals surface area contributed by atoms with Crippen LogP contribution in [-0.2, 0) is 6.54 Å². The summed E-state index contributed by atoms with van der Waals surface area (Å²) in [5.74, 6) is 0.214. The standard InChI is InChI=1S/C14H16ClN3O2/c1-3-7-18-13(10(15)8-17-18)14(19)9-5-4-6-11(20-2)12(9)16/h4-6,8H,3,7,16H2,1-2H3. The van der Waals surface area contributed by atoms with Gasteiger partial charge in [0.2, 0.25) is 5.78 Å². The Morgan fingerprint density at radius 1 is 1.50 bits per heavy atom. The zero-order valence-electron chi connectivity index (χ0n) is 11.4. The number of nitrogen functional groups attached to an aromatic ring is 1. The molecule has 1 aromatic carbocycles. The van der Waals surface area contributed by atoms with Gasteiger partial charge in [0.25, 0.3) is 0 Å². The Labute approximate surface area is 122 Å². The van der Waals surface area contributed by atoms with Crippen molar-refractivity contribution in [3.05, 3.63) is 40.7 Å². The van der Waals surface area contributed by atoms with Crippen LogP contribution in [-0.4, -0.2) is 22.7 Å². The summed E-state index contributed by atoms with van der Waals surface area (Å²) < 4.78 is 6.73. The molecule has 0 fully saturated rings. The number of halogens is 1. The number of hydrogen-bond donors (Lipinski definition) is 1. The highest BCUT2D eigenvalue weighted by Gasteiger charge is 2.22. The molecule has 0 saturated heterocycles. The Balaban J connectivity index is 2.49. The summed E-state index contributed by atoms with van der Waals surface area (Å²) in [6, 6.07) is 5.08. The number of aromatic nitrogens is 2. The lowest BCUT2D eigenvalue weighted by molar-refractivity contribution is 0.102. The third kappa shape index (κ3) is 2.49. The SMILES string of the molecule is CCCn1ncc(Cl)c1C(=O)c1cccc(OC)c1N. The minimum Gasteiger partial charge on any atom is -0.495 e. The number of hydrogen-bond acceptors (Lipinski definition) is 4. The number of rotatable bonds is 5. The summed E-state index contributed by atoms with van der Waals surface area (Å²) >= 11 is 6.08. The van der Waals surface area contributed by atoms with Gasteiger partial charge in [0.05, 0.1) is 29.6 Å². The van der Waals surface area contributed by atoms with E-state index in [1.165, 1.54) is 13.3 Å². The van der Waals surface area contributed by atoms with E-state index in [0.29, 0.717) is 34.3 Å². The molecule has 0 aliphatic rings. The van der Waals surface area contributed by atoms with Gasteiger partial charge in [-0.2, -0.15) is 5.10 Å². The summed E-state index contributed by atoms with van der Waals surface area (Å²) in [4.78, 5) is 12.6. The van der Waals surface area contributed by atoms with Crippen molar-refractivity contribution in [2.75, 3.05) is 12.8 Å². The van der Waals surface area contributed by atoms with Crippen LogP contribution in [0.1, 0.15) is 29.4 Å². The quantitative estimate of drug-likeness (QED) is 0.680. The average molecular weight is 294 g/mol. The van der Waals surface area contributed by atoms with Gasteiger partial charge in [-0.05, 0) is 18.6 Å². The molecule has 0 bridgehead atoms. The van der Waals surface area contributed by atoms with Crippen LogP contribution in [0.25, 0.3) is 0 Å².